The molecule has 1 N–H and O–H groups in total. The number of ether oxygens (including phenoxy) is 2. The Kier molecular flexibility index (Phi) is 4.90. The van der Waals surface area contributed by atoms with E-state index in [4.69, 9.17) is 9.47 Å². The fourth-order valence-corrected chi connectivity index (χ4v) is 2.12. The van der Waals surface area contributed by atoms with Gasteiger partial charge >= 0.3 is 0 Å². The maximum Gasteiger partial charge on any atom is 0.137 e. The summed E-state index contributed by atoms with van der Waals surface area (Å²) in [5.41, 5.74) is 3.22. The first kappa shape index (κ1) is 14.0. The van der Waals surface area contributed by atoms with Crippen LogP contribution in [0.1, 0.15) is 11.4 Å². The predicted molar refractivity (Wildman–Crippen MR) is 74.3 cm³/mol. The molecule has 0 aliphatic rings. The van der Waals surface area contributed by atoms with Gasteiger partial charge in [-0.25, -0.2) is 4.98 Å². The third kappa shape index (κ3) is 3.32. The van der Waals surface area contributed by atoms with Crippen LogP contribution >= 0.6 is 0 Å². The number of methoxy groups -OCH3 is 2. The van der Waals surface area contributed by atoms with E-state index in [-0.39, 0.29) is 6.10 Å². The van der Waals surface area contributed by atoms with Crippen LogP contribution in [0, 0.1) is 6.92 Å². The highest BCUT2D eigenvalue weighted by Crippen LogP contribution is 2.11. The molecule has 0 fully saturated rings. The van der Waals surface area contributed by atoms with Crippen molar-refractivity contribution in [1.29, 1.82) is 0 Å². The van der Waals surface area contributed by atoms with Crippen molar-refractivity contribution >= 4 is 5.65 Å². The van der Waals surface area contributed by atoms with E-state index in [0.717, 1.165) is 24.4 Å². The Balaban J connectivity index is 1.99. The monoisotopic (exact) mass is 263 g/mol. The van der Waals surface area contributed by atoms with E-state index in [9.17, 15) is 0 Å². The van der Waals surface area contributed by atoms with Crippen LogP contribution in [0.3, 0.4) is 0 Å². The summed E-state index contributed by atoms with van der Waals surface area (Å²) in [6, 6.07) is 6.03. The van der Waals surface area contributed by atoms with E-state index in [2.05, 4.69) is 14.7 Å². The summed E-state index contributed by atoms with van der Waals surface area (Å²) in [5.74, 6) is 0. The van der Waals surface area contributed by atoms with E-state index in [1.165, 1.54) is 5.69 Å². The minimum Gasteiger partial charge on any atom is -0.382 e. The lowest BCUT2D eigenvalue weighted by Crippen LogP contribution is -2.31. The van der Waals surface area contributed by atoms with Crippen molar-refractivity contribution < 1.29 is 9.47 Å². The molecule has 19 heavy (non-hydrogen) atoms. The van der Waals surface area contributed by atoms with Gasteiger partial charge in [0.15, 0.2) is 0 Å². The number of rotatable bonds is 7. The van der Waals surface area contributed by atoms with Gasteiger partial charge in [0.1, 0.15) is 5.65 Å². The lowest BCUT2D eigenvalue weighted by Gasteiger charge is -2.15. The number of pyridine rings is 1. The molecule has 0 spiro atoms. The molecule has 2 rings (SSSR count). The molecule has 0 saturated carbocycles. The van der Waals surface area contributed by atoms with Crippen molar-refractivity contribution in [1.82, 2.24) is 14.7 Å². The number of fused-ring (bicyclic) bond motifs is 1. The molecule has 0 radical (unpaired) electrons. The van der Waals surface area contributed by atoms with Crippen LogP contribution in [-0.2, 0) is 16.0 Å². The number of aryl methyl sites for hydroxylation is 1. The average molecular weight is 263 g/mol. The van der Waals surface area contributed by atoms with Crippen LogP contribution in [0.15, 0.2) is 24.4 Å². The van der Waals surface area contributed by atoms with Gasteiger partial charge in [-0.05, 0) is 19.1 Å². The lowest BCUT2D eigenvalue weighted by atomic mass is 10.3. The zero-order valence-corrected chi connectivity index (χ0v) is 11.7. The normalized spacial score (nSPS) is 13.0. The molecule has 0 bridgehead atoms. The second kappa shape index (κ2) is 6.65. The Hall–Kier alpha value is -1.43. The van der Waals surface area contributed by atoms with Crippen molar-refractivity contribution in [3.8, 4) is 0 Å². The summed E-state index contributed by atoms with van der Waals surface area (Å²) in [5, 5.41) is 3.39. The highest BCUT2D eigenvalue weighted by Gasteiger charge is 2.10. The minimum absolute atomic E-state index is 0.0736. The molecule has 1 unspecified atom stereocenters. The van der Waals surface area contributed by atoms with Gasteiger partial charge in [0, 0.05) is 33.5 Å². The summed E-state index contributed by atoms with van der Waals surface area (Å²) >= 11 is 0. The van der Waals surface area contributed by atoms with Crippen molar-refractivity contribution in [2.24, 2.45) is 0 Å². The summed E-state index contributed by atoms with van der Waals surface area (Å²) in [7, 11) is 3.38. The van der Waals surface area contributed by atoms with Gasteiger partial charge in [0.2, 0.25) is 0 Å². The van der Waals surface area contributed by atoms with Gasteiger partial charge in [-0.2, -0.15) is 0 Å². The molecule has 104 valence electrons. The SMILES string of the molecule is COCC(CNCc1c(C)nc2ccccn12)OC. The van der Waals surface area contributed by atoms with E-state index in [1.807, 2.05) is 31.3 Å². The maximum atomic E-state index is 5.32. The van der Waals surface area contributed by atoms with Gasteiger partial charge in [0.25, 0.3) is 0 Å². The first-order chi connectivity index (χ1) is 9.26. The topological polar surface area (TPSA) is 47.8 Å². The van der Waals surface area contributed by atoms with Gasteiger partial charge in [-0.15, -0.1) is 0 Å². The Morgan fingerprint density at radius 1 is 1.37 bits per heavy atom. The van der Waals surface area contributed by atoms with Crippen LogP contribution in [0.5, 0.6) is 0 Å². The van der Waals surface area contributed by atoms with Gasteiger partial charge in [-0.3, -0.25) is 0 Å². The standard InChI is InChI=1S/C14H21N3O2/c1-11-13(9-15-8-12(19-3)10-18-2)17-7-5-4-6-14(17)16-11/h4-7,12,15H,8-10H2,1-3H3. The first-order valence-electron chi connectivity index (χ1n) is 6.41. The van der Waals surface area contributed by atoms with Gasteiger partial charge < -0.3 is 19.2 Å². The summed E-state index contributed by atoms with van der Waals surface area (Å²) in [6.45, 7) is 4.15. The second-order valence-electron chi connectivity index (χ2n) is 4.52. The number of aromatic nitrogens is 2. The molecular weight excluding hydrogens is 242 g/mol. The highest BCUT2D eigenvalue weighted by atomic mass is 16.5. The number of nitrogens with zero attached hydrogens (tertiary/aromatic N) is 2. The molecule has 0 aliphatic carbocycles. The lowest BCUT2D eigenvalue weighted by molar-refractivity contribution is 0.0287. The van der Waals surface area contributed by atoms with Crippen molar-refractivity contribution in [3.05, 3.63) is 35.8 Å². The highest BCUT2D eigenvalue weighted by molar-refractivity contribution is 5.42. The van der Waals surface area contributed by atoms with E-state index < -0.39 is 0 Å². The Morgan fingerprint density at radius 2 is 2.21 bits per heavy atom. The van der Waals surface area contributed by atoms with E-state index in [1.54, 1.807) is 14.2 Å². The average Bonchev–Trinajstić information content (AvgIpc) is 2.74. The van der Waals surface area contributed by atoms with Crippen LogP contribution in [0.4, 0.5) is 0 Å². The number of nitrogens with one attached hydrogen (secondary N) is 1. The van der Waals surface area contributed by atoms with Crippen molar-refractivity contribution in [3.63, 3.8) is 0 Å². The Bertz CT molecular complexity index is 524. The molecule has 2 aromatic heterocycles. The van der Waals surface area contributed by atoms with Gasteiger partial charge in [0.05, 0.1) is 24.1 Å². The summed E-state index contributed by atoms with van der Waals surface area (Å²) in [6.07, 6.45) is 2.11. The van der Waals surface area contributed by atoms with E-state index in [0.29, 0.717) is 6.61 Å². The fourth-order valence-electron chi connectivity index (χ4n) is 2.12. The van der Waals surface area contributed by atoms with Crippen LogP contribution in [0.25, 0.3) is 5.65 Å². The van der Waals surface area contributed by atoms with Gasteiger partial charge in [-0.1, -0.05) is 6.07 Å². The predicted octanol–water partition coefficient (Wildman–Crippen LogP) is 1.39. The molecule has 0 aliphatic heterocycles. The van der Waals surface area contributed by atoms with Crippen molar-refractivity contribution in [2.45, 2.75) is 19.6 Å². The van der Waals surface area contributed by atoms with Crippen LogP contribution in [-0.4, -0.2) is 42.9 Å². The quantitative estimate of drug-likeness (QED) is 0.820. The smallest absolute Gasteiger partial charge is 0.137 e. The zero-order chi connectivity index (χ0) is 13.7. The molecule has 5 nitrogen and oxygen atoms in total. The third-order valence-corrected chi connectivity index (χ3v) is 3.18. The molecular formula is C14H21N3O2. The van der Waals surface area contributed by atoms with Crippen LogP contribution in [0.2, 0.25) is 0 Å². The van der Waals surface area contributed by atoms with Crippen LogP contribution < -0.4 is 5.32 Å². The molecule has 0 aromatic carbocycles. The Labute approximate surface area is 113 Å². The third-order valence-electron chi connectivity index (χ3n) is 3.18. The van der Waals surface area contributed by atoms with E-state index >= 15 is 0 Å². The molecule has 5 heteroatoms. The summed E-state index contributed by atoms with van der Waals surface area (Å²) < 4.78 is 12.5. The molecule has 1 atom stereocenters. The first-order valence-corrected chi connectivity index (χ1v) is 6.41. The minimum atomic E-state index is 0.0736. The molecule has 2 aromatic rings. The maximum absolute atomic E-state index is 5.32. The molecule has 2 heterocycles. The zero-order valence-electron chi connectivity index (χ0n) is 11.7. The summed E-state index contributed by atoms with van der Waals surface area (Å²) in [4.78, 5) is 4.53. The fraction of sp³-hybridized carbons (Fsp3) is 0.500. The molecule has 0 saturated heterocycles. The second-order valence-corrected chi connectivity index (χ2v) is 4.52. The number of hydrogen-bond acceptors (Lipinski definition) is 4. The van der Waals surface area contributed by atoms with Crippen molar-refractivity contribution in [2.75, 3.05) is 27.4 Å². The number of hydrogen-bond donors (Lipinski definition) is 1. The molecule has 0 amide bonds. The number of imidazole rings is 1. The Morgan fingerprint density at radius 3 is 2.95 bits per heavy atom. The largest absolute Gasteiger partial charge is 0.382 e.